The Morgan fingerprint density at radius 2 is 2.27 bits per heavy atom. The Morgan fingerprint density at radius 3 is 2.91 bits per heavy atom. The van der Waals surface area contributed by atoms with Gasteiger partial charge < -0.3 is 15.7 Å². The SMILES string of the molecule is CC(O)(CNC(=O)Nc1ccc(F)cc1C#N)c1cccs1. The Kier molecular flexibility index (Phi) is 4.75. The second kappa shape index (κ2) is 6.56. The fourth-order valence-electron chi connectivity index (χ4n) is 1.81. The molecular weight excluding hydrogens is 305 g/mol. The average Bonchev–Trinajstić information content (AvgIpc) is 3.02. The van der Waals surface area contributed by atoms with E-state index in [1.54, 1.807) is 19.1 Å². The van der Waals surface area contributed by atoms with Gasteiger partial charge in [-0.2, -0.15) is 5.26 Å². The van der Waals surface area contributed by atoms with Crippen LogP contribution in [0.2, 0.25) is 0 Å². The molecule has 1 heterocycles. The van der Waals surface area contributed by atoms with Crippen molar-refractivity contribution in [3.05, 3.63) is 52.0 Å². The van der Waals surface area contributed by atoms with Gasteiger partial charge in [-0.15, -0.1) is 11.3 Å². The number of nitrogens with one attached hydrogen (secondary N) is 2. The van der Waals surface area contributed by atoms with E-state index in [0.717, 1.165) is 17.0 Å². The highest BCUT2D eigenvalue weighted by atomic mass is 32.1. The van der Waals surface area contributed by atoms with Gasteiger partial charge in [0, 0.05) is 4.88 Å². The molecular formula is C15H14FN3O2S. The summed E-state index contributed by atoms with van der Waals surface area (Å²) in [5, 5.41) is 26.0. The Hall–Kier alpha value is -2.43. The van der Waals surface area contributed by atoms with Gasteiger partial charge in [0.25, 0.3) is 0 Å². The molecule has 0 aliphatic heterocycles. The lowest BCUT2D eigenvalue weighted by Gasteiger charge is -2.22. The van der Waals surface area contributed by atoms with Gasteiger partial charge in [0.1, 0.15) is 17.5 Å². The highest BCUT2D eigenvalue weighted by Crippen LogP contribution is 2.24. The number of nitriles is 1. The number of hydrogen-bond acceptors (Lipinski definition) is 4. The number of carbonyl (C=O) groups excluding carboxylic acids is 1. The second-order valence-corrected chi connectivity index (χ2v) is 5.81. The van der Waals surface area contributed by atoms with Crippen LogP contribution in [-0.2, 0) is 5.60 Å². The topological polar surface area (TPSA) is 85.2 Å². The van der Waals surface area contributed by atoms with E-state index < -0.39 is 17.4 Å². The number of anilines is 1. The predicted octanol–water partition coefficient (Wildman–Crippen LogP) is 2.79. The molecule has 0 spiro atoms. The fraction of sp³-hybridized carbons (Fsp3) is 0.200. The van der Waals surface area contributed by atoms with Crippen molar-refractivity contribution < 1.29 is 14.3 Å². The first kappa shape index (κ1) is 15.9. The van der Waals surface area contributed by atoms with E-state index in [4.69, 9.17) is 5.26 Å². The van der Waals surface area contributed by atoms with Gasteiger partial charge >= 0.3 is 6.03 Å². The molecule has 0 aliphatic rings. The third-order valence-corrected chi connectivity index (χ3v) is 4.12. The molecule has 0 saturated carbocycles. The van der Waals surface area contributed by atoms with Crippen LogP contribution in [0.3, 0.4) is 0 Å². The largest absolute Gasteiger partial charge is 0.383 e. The second-order valence-electron chi connectivity index (χ2n) is 4.86. The molecule has 0 radical (unpaired) electrons. The van der Waals surface area contributed by atoms with Crippen molar-refractivity contribution in [1.29, 1.82) is 5.26 Å². The first-order valence-electron chi connectivity index (χ1n) is 6.43. The first-order valence-corrected chi connectivity index (χ1v) is 7.31. The van der Waals surface area contributed by atoms with Crippen molar-refractivity contribution in [1.82, 2.24) is 5.32 Å². The van der Waals surface area contributed by atoms with Crippen molar-refractivity contribution in [2.45, 2.75) is 12.5 Å². The summed E-state index contributed by atoms with van der Waals surface area (Å²) in [6, 6.07) is 8.31. The van der Waals surface area contributed by atoms with Crippen LogP contribution >= 0.6 is 11.3 Å². The van der Waals surface area contributed by atoms with Crippen LogP contribution in [0.5, 0.6) is 0 Å². The van der Waals surface area contributed by atoms with Gasteiger partial charge in [-0.3, -0.25) is 0 Å². The predicted molar refractivity (Wildman–Crippen MR) is 82.0 cm³/mol. The van der Waals surface area contributed by atoms with Crippen LogP contribution in [-0.4, -0.2) is 17.7 Å². The monoisotopic (exact) mass is 319 g/mol. The number of hydrogen-bond donors (Lipinski definition) is 3. The third-order valence-electron chi connectivity index (χ3n) is 3.00. The minimum Gasteiger partial charge on any atom is -0.383 e. The molecule has 2 amide bonds. The lowest BCUT2D eigenvalue weighted by atomic mass is 10.1. The number of halogens is 1. The maximum absolute atomic E-state index is 13.0. The summed E-state index contributed by atoms with van der Waals surface area (Å²) < 4.78 is 13.0. The van der Waals surface area contributed by atoms with Gasteiger partial charge in [-0.25, -0.2) is 9.18 Å². The molecule has 2 aromatic rings. The summed E-state index contributed by atoms with van der Waals surface area (Å²) in [5.41, 5.74) is -0.954. The smallest absolute Gasteiger partial charge is 0.319 e. The van der Waals surface area contributed by atoms with Crippen molar-refractivity contribution in [3.8, 4) is 6.07 Å². The molecule has 3 N–H and O–H groups in total. The fourth-order valence-corrected chi connectivity index (χ4v) is 2.60. The van der Waals surface area contributed by atoms with Crippen molar-refractivity contribution in [3.63, 3.8) is 0 Å². The summed E-state index contributed by atoms with van der Waals surface area (Å²) in [5.74, 6) is -0.553. The average molecular weight is 319 g/mol. The van der Waals surface area contributed by atoms with E-state index >= 15 is 0 Å². The number of urea groups is 1. The van der Waals surface area contributed by atoms with E-state index in [0.29, 0.717) is 0 Å². The molecule has 0 saturated heterocycles. The first-order chi connectivity index (χ1) is 10.4. The third kappa shape index (κ3) is 3.81. The molecule has 7 heteroatoms. The van der Waals surface area contributed by atoms with Crippen LogP contribution < -0.4 is 10.6 Å². The molecule has 5 nitrogen and oxygen atoms in total. The van der Waals surface area contributed by atoms with Crippen molar-refractivity contribution >= 4 is 23.1 Å². The Balaban J connectivity index is 1.98. The Bertz CT molecular complexity index is 708. The summed E-state index contributed by atoms with van der Waals surface area (Å²) in [6.45, 7) is 1.60. The van der Waals surface area contributed by atoms with Crippen molar-refractivity contribution in [2.75, 3.05) is 11.9 Å². The lowest BCUT2D eigenvalue weighted by molar-refractivity contribution is 0.0637. The lowest BCUT2D eigenvalue weighted by Crippen LogP contribution is -2.40. The minimum absolute atomic E-state index is 0.00241. The van der Waals surface area contributed by atoms with Crippen LogP contribution in [0.15, 0.2) is 35.7 Å². The number of rotatable bonds is 4. The van der Waals surface area contributed by atoms with E-state index in [1.165, 1.54) is 17.4 Å². The number of amides is 2. The van der Waals surface area contributed by atoms with Gasteiger partial charge in [0.2, 0.25) is 0 Å². The molecule has 1 unspecified atom stereocenters. The minimum atomic E-state index is -1.19. The standard InChI is InChI=1S/C15H14FN3O2S/c1-15(21,13-3-2-6-22-13)9-18-14(20)19-12-5-4-11(16)7-10(12)8-17/h2-7,21H,9H2,1H3,(H2,18,19,20). The van der Waals surface area contributed by atoms with Crippen molar-refractivity contribution in [2.24, 2.45) is 0 Å². The van der Waals surface area contributed by atoms with Gasteiger partial charge in [-0.05, 0) is 36.6 Å². The normalized spacial score (nSPS) is 13.0. The zero-order valence-corrected chi connectivity index (χ0v) is 12.6. The molecule has 1 aromatic heterocycles. The molecule has 22 heavy (non-hydrogen) atoms. The molecule has 1 atom stereocenters. The number of aliphatic hydroxyl groups is 1. The molecule has 1 aromatic carbocycles. The van der Waals surface area contributed by atoms with Crippen LogP contribution in [0.4, 0.5) is 14.9 Å². The van der Waals surface area contributed by atoms with E-state index in [9.17, 15) is 14.3 Å². The maximum Gasteiger partial charge on any atom is 0.319 e. The summed E-state index contributed by atoms with van der Waals surface area (Å²) >= 11 is 1.39. The Labute approximate surface area is 131 Å². The van der Waals surface area contributed by atoms with Crippen LogP contribution in [0.25, 0.3) is 0 Å². The molecule has 0 fully saturated rings. The number of carbonyl (C=O) groups is 1. The molecule has 0 aliphatic carbocycles. The van der Waals surface area contributed by atoms with E-state index in [-0.39, 0.29) is 17.8 Å². The molecule has 0 bridgehead atoms. The number of thiophene rings is 1. The summed E-state index contributed by atoms with van der Waals surface area (Å²) in [6.07, 6.45) is 0. The zero-order chi connectivity index (χ0) is 16.2. The molecule has 2 rings (SSSR count). The van der Waals surface area contributed by atoms with Crippen LogP contribution in [0.1, 0.15) is 17.4 Å². The maximum atomic E-state index is 13.0. The number of benzene rings is 1. The summed E-state index contributed by atoms with van der Waals surface area (Å²) in [7, 11) is 0. The zero-order valence-electron chi connectivity index (χ0n) is 11.8. The molecule has 114 valence electrons. The quantitative estimate of drug-likeness (QED) is 0.810. The van der Waals surface area contributed by atoms with E-state index in [1.807, 2.05) is 11.4 Å². The highest BCUT2D eigenvalue weighted by Gasteiger charge is 2.24. The van der Waals surface area contributed by atoms with Crippen LogP contribution in [0, 0.1) is 17.1 Å². The van der Waals surface area contributed by atoms with Gasteiger partial charge in [0.05, 0.1) is 17.8 Å². The number of nitrogens with zero attached hydrogens (tertiary/aromatic N) is 1. The summed E-state index contributed by atoms with van der Waals surface area (Å²) in [4.78, 5) is 12.6. The Morgan fingerprint density at radius 1 is 1.50 bits per heavy atom. The van der Waals surface area contributed by atoms with Gasteiger partial charge in [-0.1, -0.05) is 6.07 Å². The van der Waals surface area contributed by atoms with E-state index in [2.05, 4.69) is 10.6 Å². The van der Waals surface area contributed by atoms with Gasteiger partial charge in [0.15, 0.2) is 0 Å². The highest BCUT2D eigenvalue weighted by molar-refractivity contribution is 7.10.